The summed E-state index contributed by atoms with van der Waals surface area (Å²) in [5.41, 5.74) is 0.648. The minimum atomic E-state index is -0.334. The first-order valence-electron chi connectivity index (χ1n) is 5.52. The molecule has 0 aliphatic heterocycles. The van der Waals surface area contributed by atoms with Crippen LogP contribution in [-0.2, 0) is 0 Å². The first kappa shape index (κ1) is 13.3. The summed E-state index contributed by atoms with van der Waals surface area (Å²) >= 11 is 0. The van der Waals surface area contributed by atoms with E-state index in [0.717, 1.165) is 0 Å². The van der Waals surface area contributed by atoms with Crippen molar-refractivity contribution in [3.63, 3.8) is 0 Å². The fraction of sp³-hybridized carbons (Fsp3) is 0.417. The Kier molecular flexibility index (Phi) is 5.29. The molecule has 0 saturated heterocycles. The molecule has 0 unspecified atom stereocenters. The van der Waals surface area contributed by atoms with Gasteiger partial charge in [-0.15, -0.1) is 0 Å². The lowest BCUT2D eigenvalue weighted by molar-refractivity contribution is 0.222. The van der Waals surface area contributed by atoms with Crippen LogP contribution in [0, 0.1) is 0 Å². The zero-order valence-corrected chi connectivity index (χ0v) is 10.1. The number of hydrogen-bond acceptors (Lipinski definition) is 3. The first-order chi connectivity index (χ1) is 8.19. The number of aliphatic hydroxyl groups is 1. The number of urea groups is 1. The lowest BCUT2D eigenvalue weighted by Gasteiger charge is -2.14. The Balaban J connectivity index is 2.55. The van der Waals surface area contributed by atoms with Crippen LogP contribution in [0.2, 0.25) is 0 Å². The zero-order valence-electron chi connectivity index (χ0n) is 10.1. The van der Waals surface area contributed by atoms with Crippen molar-refractivity contribution < 1.29 is 14.6 Å². The Morgan fingerprint density at radius 1 is 1.53 bits per heavy atom. The summed E-state index contributed by atoms with van der Waals surface area (Å²) in [6, 6.07) is 6.52. The highest BCUT2D eigenvalue weighted by Gasteiger charge is 2.08. The van der Waals surface area contributed by atoms with Gasteiger partial charge in [0.1, 0.15) is 5.75 Å². The van der Waals surface area contributed by atoms with Crippen LogP contribution in [0.4, 0.5) is 10.5 Å². The number of anilines is 1. The normalized spacial score (nSPS) is 11.7. The van der Waals surface area contributed by atoms with Gasteiger partial charge in [-0.05, 0) is 18.6 Å². The lowest BCUT2D eigenvalue weighted by Crippen LogP contribution is -2.39. The molecule has 0 bridgehead atoms. The maximum absolute atomic E-state index is 11.6. The molecular formula is C12H18N2O3. The van der Waals surface area contributed by atoms with E-state index in [4.69, 9.17) is 9.84 Å². The quantitative estimate of drug-likeness (QED) is 0.729. The standard InChI is InChI=1S/C12H18N2O3/c1-3-9(8-15)13-12(16)14-10-5-4-6-11(7-10)17-2/h4-7,9,15H,3,8H2,1-2H3,(H2,13,14,16)/t9-/m0/s1. The summed E-state index contributed by atoms with van der Waals surface area (Å²) in [6.45, 7) is 1.83. The number of amides is 2. The van der Waals surface area contributed by atoms with Gasteiger partial charge in [0, 0.05) is 11.8 Å². The Hall–Kier alpha value is -1.75. The number of aliphatic hydroxyl groups excluding tert-OH is 1. The number of carbonyl (C=O) groups is 1. The molecule has 0 saturated carbocycles. The van der Waals surface area contributed by atoms with Crippen LogP contribution < -0.4 is 15.4 Å². The molecule has 1 aromatic carbocycles. The van der Waals surface area contributed by atoms with E-state index < -0.39 is 0 Å². The smallest absolute Gasteiger partial charge is 0.319 e. The van der Waals surface area contributed by atoms with E-state index in [-0.39, 0.29) is 18.7 Å². The molecule has 3 N–H and O–H groups in total. The summed E-state index contributed by atoms with van der Waals surface area (Å²) in [5, 5.41) is 14.3. The van der Waals surface area contributed by atoms with Crippen molar-refractivity contribution in [3.05, 3.63) is 24.3 Å². The van der Waals surface area contributed by atoms with Crippen molar-refractivity contribution >= 4 is 11.7 Å². The average molecular weight is 238 g/mol. The van der Waals surface area contributed by atoms with Crippen LogP contribution in [0.5, 0.6) is 5.75 Å². The molecule has 0 aromatic heterocycles. The topological polar surface area (TPSA) is 70.6 Å². The van der Waals surface area contributed by atoms with E-state index >= 15 is 0 Å². The molecule has 2 amide bonds. The highest BCUT2D eigenvalue weighted by Crippen LogP contribution is 2.16. The Bertz CT molecular complexity index is 365. The molecule has 0 radical (unpaired) electrons. The number of methoxy groups -OCH3 is 1. The van der Waals surface area contributed by atoms with Crippen molar-refractivity contribution in [3.8, 4) is 5.75 Å². The molecule has 5 heteroatoms. The third-order valence-corrected chi connectivity index (χ3v) is 2.38. The van der Waals surface area contributed by atoms with Crippen LogP contribution in [0.25, 0.3) is 0 Å². The zero-order chi connectivity index (χ0) is 12.7. The number of carbonyl (C=O) groups excluding carboxylic acids is 1. The van der Waals surface area contributed by atoms with Crippen molar-refractivity contribution in [2.45, 2.75) is 19.4 Å². The maximum Gasteiger partial charge on any atom is 0.319 e. The van der Waals surface area contributed by atoms with Gasteiger partial charge in [0.05, 0.1) is 19.8 Å². The number of hydrogen-bond donors (Lipinski definition) is 3. The summed E-state index contributed by atoms with van der Waals surface area (Å²) in [5.74, 6) is 0.678. The SMILES string of the molecule is CC[C@@H](CO)NC(=O)Nc1cccc(OC)c1. The third-order valence-electron chi connectivity index (χ3n) is 2.38. The first-order valence-corrected chi connectivity index (χ1v) is 5.52. The van der Waals surface area contributed by atoms with Gasteiger partial charge in [-0.25, -0.2) is 4.79 Å². The van der Waals surface area contributed by atoms with Gasteiger partial charge in [0.2, 0.25) is 0 Å². The predicted octanol–water partition coefficient (Wildman–Crippen LogP) is 1.59. The van der Waals surface area contributed by atoms with E-state index in [9.17, 15) is 4.79 Å². The van der Waals surface area contributed by atoms with Crippen LogP contribution >= 0.6 is 0 Å². The van der Waals surface area contributed by atoms with E-state index in [1.165, 1.54) is 0 Å². The summed E-state index contributed by atoms with van der Waals surface area (Å²) in [4.78, 5) is 11.6. The second-order valence-corrected chi connectivity index (χ2v) is 3.62. The highest BCUT2D eigenvalue weighted by atomic mass is 16.5. The van der Waals surface area contributed by atoms with Gasteiger partial charge >= 0.3 is 6.03 Å². The molecule has 0 spiro atoms. The number of ether oxygens (including phenoxy) is 1. The Labute approximate surface area is 101 Å². The molecule has 0 aliphatic rings. The van der Waals surface area contributed by atoms with Crippen molar-refractivity contribution in [1.82, 2.24) is 5.32 Å². The van der Waals surface area contributed by atoms with Gasteiger partial charge in [0.25, 0.3) is 0 Å². The van der Waals surface area contributed by atoms with Crippen LogP contribution in [0.3, 0.4) is 0 Å². The molecule has 1 atom stereocenters. The Morgan fingerprint density at radius 2 is 2.29 bits per heavy atom. The predicted molar refractivity (Wildman–Crippen MR) is 66.3 cm³/mol. The van der Waals surface area contributed by atoms with Crippen LogP contribution in [0.1, 0.15) is 13.3 Å². The molecule has 17 heavy (non-hydrogen) atoms. The summed E-state index contributed by atoms with van der Waals surface area (Å²) in [6.07, 6.45) is 0.683. The molecule has 1 aromatic rings. The largest absolute Gasteiger partial charge is 0.497 e. The molecular weight excluding hydrogens is 220 g/mol. The van der Waals surface area contributed by atoms with Crippen molar-refractivity contribution in [1.29, 1.82) is 0 Å². The van der Waals surface area contributed by atoms with Gasteiger partial charge < -0.3 is 20.5 Å². The molecule has 0 heterocycles. The van der Waals surface area contributed by atoms with Crippen molar-refractivity contribution in [2.24, 2.45) is 0 Å². The molecule has 5 nitrogen and oxygen atoms in total. The van der Waals surface area contributed by atoms with Crippen LogP contribution in [0.15, 0.2) is 24.3 Å². The molecule has 0 aliphatic carbocycles. The van der Waals surface area contributed by atoms with E-state index in [0.29, 0.717) is 17.9 Å². The van der Waals surface area contributed by atoms with E-state index in [2.05, 4.69) is 10.6 Å². The van der Waals surface area contributed by atoms with Gasteiger partial charge in [0.15, 0.2) is 0 Å². The lowest BCUT2D eigenvalue weighted by atomic mass is 10.2. The number of nitrogens with one attached hydrogen (secondary N) is 2. The summed E-state index contributed by atoms with van der Waals surface area (Å²) < 4.78 is 5.05. The minimum absolute atomic E-state index is 0.0674. The van der Waals surface area contributed by atoms with Gasteiger partial charge in [-0.2, -0.15) is 0 Å². The van der Waals surface area contributed by atoms with E-state index in [1.807, 2.05) is 6.92 Å². The van der Waals surface area contributed by atoms with E-state index in [1.54, 1.807) is 31.4 Å². The molecule has 1 rings (SSSR count). The van der Waals surface area contributed by atoms with Crippen molar-refractivity contribution in [2.75, 3.05) is 19.0 Å². The fourth-order valence-corrected chi connectivity index (χ4v) is 1.33. The number of benzene rings is 1. The van der Waals surface area contributed by atoms with Gasteiger partial charge in [-0.3, -0.25) is 0 Å². The molecule has 94 valence electrons. The third kappa shape index (κ3) is 4.32. The Morgan fingerprint density at radius 3 is 2.88 bits per heavy atom. The monoisotopic (exact) mass is 238 g/mol. The molecule has 0 fully saturated rings. The van der Waals surface area contributed by atoms with Crippen LogP contribution in [-0.4, -0.2) is 30.9 Å². The summed E-state index contributed by atoms with van der Waals surface area (Å²) in [7, 11) is 1.57. The fourth-order valence-electron chi connectivity index (χ4n) is 1.33. The van der Waals surface area contributed by atoms with Gasteiger partial charge in [-0.1, -0.05) is 13.0 Å². The minimum Gasteiger partial charge on any atom is -0.497 e. The second kappa shape index (κ2) is 6.75. The maximum atomic E-state index is 11.6. The average Bonchev–Trinajstić information content (AvgIpc) is 2.36. The number of rotatable bonds is 5. The highest BCUT2D eigenvalue weighted by molar-refractivity contribution is 5.89. The second-order valence-electron chi connectivity index (χ2n) is 3.62.